The van der Waals surface area contributed by atoms with Gasteiger partial charge < -0.3 is 15.7 Å². The van der Waals surface area contributed by atoms with E-state index in [1.165, 1.54) is 6.07 Å². The smallest absolute Gasteiger partial charge is 0.326 e. The fourth-order valence-electron chi connectivity index (χ4n) is 1.37. The van der Waals surface area contributed by atoms with E-state index < -0.39 is 23.9 Å². The molecule has 1 rings (SSSR count). The molecule has 0 fully saturated rings. The molecule has 0 aliphatic heterocycles. The first-order chi connectivity index (χ1) is 8.97. The van der Waals surface area contributed by atoms with Crippen LogP contribution in [-0.4, -0.2) is 23.1 Å². The molecule has 0 bridgehead atoms. The van der Waals surface area contributed by atoms with Gasteiger partial charge in [0.2, 0.25) is 0 Å². The van der Waals surface area contributed by atoms with Crippen molar-refractivity contribution >= 4 is 17.7 Å². The van der Waals surface area contributed by atoms with Crippen LogP contribution in [0.5, 0.6) is 0 Å². The third-order valence-electron chi connectivity index (χ3n) is 2.36. The van der Waals surface area contributed by atoms with Gasteiger partial charge in [-0.2, -0.15) is 5.26 Å². The lowest BCUT2D eigenvalue weighted by atomic mass is 10.2. The van der Waals surface area contributed by atoms with E-state index in [1.807, 2.05) is 0 Å². The standard InChI is InChI=1S/C12H12FN3O3/c1-2-9(11(17)18)15-12(19)16-10-4-3-8(13)5-7(10)6-14/h3-5,9H,2H2,1H3,(H,17,18)(H2,15,16,19)/t9-/m0/s1. The van der Waals surface area contributed by atoms with Crippen molar-refractivity contribution in [1.82, 2.24) is 5.32 Å². The minimum absolute atomic E-state index is 0.0430. The minimum Gasteiger partial charge on any atom is -0.480 e. The predicted octanol–water partition coefficient (Wildman–Crippen LogP) is 1.68. The van der Waals surface area contributed by atoms with Crippen molar-refractivity contribution in [2.24, 2.45) is 0 Å². The number of carbonyl (C=O) groups excluding carboxylic acids is 1. The lowest BCUT2D eigenvalue weighted by molar-refractivity contribution is -0.139. The summed E-state index contributed by atoms with van der Waals surface area (Å²) in [4.78, 5) is 22.3. The molecule has 0 aliphatic carbocycles. The van der Waals surface area contributed by atoms with Gasteiger partial charge in [-0.05, 0) is 24.6 Å². The van der Waals surface area contributed by atoms with Gasteiger partial charge in [0.25, 0.3) is 0 Å². The SMILES string of the molecule is CC[C@H](NC(=O)Nc1ccc(F)cc1C#N)C(=O)O. The van der Waals surface area contributed by atoms with Crippen molar-refractivity contribution in [2.45, 2.75) is 19.4 Å². The Labute approximate surface area is 108 Å². The number of nitrogens with zero attached hydrogens (tertiary/aromatic N) is 1. The summed E-state index contributed by atoms with van der Waals surface area (Å²) in [5.41, 5.74) is 0.0696. The maximum atomic E-state index is 12.9. The first-order valence-corrected chi connectivity index (χ1v) is 5.48. The molecule has 0 spiro atoms. The summed E-state index contributed by atoms with van der Waals surface area (Å²) < 4.78 is 12.9. The summed E-state index contributed by atoms with van der Waals surface area (Å²) in [7, 11) is 0. The molecule has 6 nitrogen and oxygen atoms in total. The summed E-state index contributed by atoms with van der Waals surface area (Å²) >= 11 is 0. The number of anilines is 1. The number of urea groups is 1. The van der Waals surface area contributed by atoms with Crippen molar-refractivity contribution in [3.05, 3.63) is 29.6 Å². The van der Waals surface area contributed by atoms with E-state index in [0.29, 0.717) is 0 Å². The molecule has 0 radical (unpaired) electrons. The molecule has 0 unspecified atom stereocenters. The van der Waals surface area contributed by atoms with Gasteiger partial charge in [0, 0.05) is 0 Å². The highest BCUT2D eigenvalue weighted by atomic mass is 19.1. The number of halogens is 1. The molecule has 0 heterocycles. The largest absolute Gasteiger partial charge is 0.480 e. The van der Waals surface area contributed by atoms with Crippen LogP contribution in [0.3, 0.4) is 0 Å². The summed E-state index contributed by atoms with van der Waals surface area (Å²) in [6.45, 7) is 1.61. The Morgan fingerprint density at radius 3 is 2.74 bits per heavy atom. The van der Waals surface area contributed by atoms with Crippen molar-refractivity contribution in [2.75, 3.05) is 5.32 Å². The zero-order valence-electron chi connectivity index (χ0n) is 10.1. The van der Waals surface area contributed by atoms with E-state index in [1.54, 1.807) is 13.0 Å². The molecule has 7 heteroatoms. The average Bonchev–Trinajstić information content (AvgIpc) is 2.37. The molecule has 0 aliphatic rings. The van der Waals surface area contributed by atoms with Crippen LogP contribution in [-0.2, 0) is 4.79 Å². The number of nitriles is 1. The Morgan fingerprint density at radius 2 is 2.21 bits per heavy atom. The maximum Gasteiger partial charge on any atom is 0.326 e. The number of aliphatic carboxylic acids is 1. The zero-order chi connectivity index (χ0) is 14.4. The summed E-state index contributed by atoms with van der Waals surface area (Å²) in [6, 6.07) is 3.24. The minimum atomic E-state index is -1.16. The lowest BCUT2D eigenvalue weighted by Crippen LogP contribution is -2.42. The van der Waals surface area contributed by atoms with Crippen LogP contribution in [0.4, 0.5) is 14.9 Å². The quantitative estimate of drug-likeness (QED) is 0.770. The number of hydrogen-bond donors (Lipinski definition) is 3. The van der Waals surface area contributed by atoms with E-state index in [0.717, 1.165) is 12.1 Å². The number of carboxylic acids is 1. The monoisotopic (exact) mass is 265 g/mol. The van der Waals surface area contributed by atoms with E-state index >= 15 is 0 Å². The Balaban J connectivity index is 2.78. The van der Waals surface area contributed by atoms with Gasteiger partial charge in [0.05, 0.1) is 11.3 Å². The Bertz CT molecular complexity index is 540. The van der Waals surface area contributed by atoms with Crippen molar-refractivity contribution in [3.63, 3.8) is 0 Å². The third-order valence-corrected chi connectivity index (χ3v) is 2.36. The molecule has 3 N–H and O–H groups in total. The maximum absolute atomic E-state index is 12.9. The molecule has 19 heavy (non-hydrogen) atoms. The highest BCUT2D eigenvalue weighted by Gasteiger charge is 2.18. The van der Waals surface area contributed by atoms with Gasteiger partial charge in [0.15, 0.2) is 0 Å². The molecular formula is C12H12FN3O3. The molecular weight excluding hydrogens is 253 g/mol. The molecule has 1 atom stereocenters. The number of carboxylic acid groups (broad SMARTS) is 1. The van der Waals surface area contributed by atoms with Crippen LogP contribution in [0.1, 0.15) is 18.9 Å². The number of rotatable bonds is 4. The second-order valence-corrected chi connectivity index (χ2v) is 3.70. The Hall–Kier alpha value is -2.62. The van der Waals surface area contributed by atoms with Gasteiger partial charge in [-0.15, -0.1) is 0 Å². The lowest BCUT2D eigenvalue weighted by Gasteiger charge is -2.13. The normalized spacial score (nSPS) is 11.2. The molecule has 0 saturated carbocycles. The second-order valence-electron chi connectivity index (χ2n) is 3.70. The fourth-order valence-corrected chi connectivity index (χ4v) is 1.37. The van der Waals surface area contributed by atoms with E-state index in [4.69, 9.17) is 10.4 Å². The fraction of sp³-hybridized carbons (Fsp3) is 0.250. The Morgan fingerprint density at radius 1 is 1.53 bits per heavy atom. The van der Waals surface area contributed by atoms with Gasteiger partial charge in [0.1, 0.15) is 17.9 Å². The van der Waals surface area contributed by atoms with E-state index in [2.05, 4.69) is 10.6 Å². The third kappa shape index (κ3) is 3.96. The zero-order valence-corrected chi connectivity index (χ0v) is 10.1. The summed E-state index contributed by atoms with van der Waals surface area (Å²) in [5, 5.41) is 22.1. The average molecular weight is 265 g/mol. The number of hydrogen-bond acceptors (Lipinski definition) is 3. The van der Waals surface area contributed by atoms with Crippen LogP contribution in [0.15, 0.2) is 18.2 Å². The summed E-state index contributed by atoms with van der Waals surface area (Å²) in [6.07, 6.45) is 0.220. The molecule has 1 aromatic rings. The number of amides is 2. The van der Waals surface area contributed by atoms with Crippen molar-refractivity contribution < 1.29 is 19.1 Å². The van der Waals surface area contributed by atoms with Crippen LogP contribution in [0.2, 0.25) is 0 Å². The molecule has 1 aromatic carbocycles. The van der Waals surface area contributed by atoms with Crippen molar-refractivity contribution in [3.8, 4) is 6.07 Å². The Kier molecular flexibility index (Phi) is 4.83. The van der Waals surface area contributed by atoms with Gasteiger partial charge in [-0.1, -0.05) is 6.92 Å². The predicted molar refractivity (Wildman–Crippen MR) is 65.0 cm³/mol. The first kappa shape index (κ1) is 14.4. The van der Waals surface area contributed by atoms with Gasteiger partial charge >= 0.3 is 12.0 Å². The van der Waals surface area contributed by atoms with Crippen LogP contribution in [0, 0.1) is 17.1 Å². The number of carbonyl (C=O) groups is 2. The summed E-state index contributed by atoms with van der Waals surface area (Å²) in [5.74, 6) is -1.75. The number of benzene rings is 1. The van der Waals surface area contributed by atoms with Crippen molar-refractivity contribution in [1.29, 1.82) is 5.26 Å². The van der Waals surface area contributed by atoms with Crippen LogP contribution in [0.25, 0.3) is 0 Å². The van der Waals surface area contributed by atoms with Crippen LogP contribution >= 0.6 is 0 Å². The van der Waals surface area contributed by atoms with E-state index in [9.17, 15) is 14.0 Å². The number of nitrogens with one attached hydrogen (secondary N) is 2. The van der Waals surface area contributed by atoms with Gasteiger partial charge in [-0.3, -0.25) is 0 Å². The highest BCUT2D eigenvalue weighted by Crippen LogP contribution is 2.15. The van der Waals surface area contributed by atoms with E-state index in [-0.39, 0.29) is 17.7 Å². The first-order valence-electron chi connectivity index (χ1n) is 5.48. The van der Waals surface area contributed by atoms with Gasteiger partial charge in [-0.25, -0.2) is 14.0 Å². The molecule has 100 valence electrons. The molecule has 0 aromatic heterocycles. The van der Waals surface area contributed by atoms with Crippen LogP contribution < -0.4 is 10.6 Å². The molecule has 2 amide bonds. The highest BCUT2D eigenvalue weighted by molar-refractivity contribution is 5.93. The second kappa shape index (κ2) is 6.35. The topological polar surface area (TPSA) is 102 Å². The molecule has 0 saturated heterocycles.